The summed E-state index contributed by atoms with van der Waals surface area (Å²) >= 11 is 1.77. The largest absolute Gasteiger partial charge is 0.311 e. The van der Waals surface area contributed by atoms with Crippen molar-refractivity contribution in [1.82, 2.24) is 10.3 Å². The molecule has 0 radical (unpaired) electrons. The Bertz CT molecular complexity index is 368. The fraction of sp³-hybridized carbons (Fsp3) is 0.643. The summed E-state index contributed by atoms with van der Waals surface area (Å²) in [5, 5.41) is 6.91. The van der Waals surface area contributed by atoms with Crippen LogP contribution in [0.5, 0.6) is 0 Å². The number of rotatable bonds is 6. The van der Waals surface area contributed by atoms with Crippen LogP contribution < -0.4 is 5.32 Å². The Balaban J connectivity index is 1.64. The molecule has 1 N–H and O–H groups in total. The van der Waals surface area contributed by atoms with E-state index < -0.39 is 0 Å². The van der Waals surface area contributed by atoms with Gasteiger partial charge in [0.05, 0.1) is 10.7 Å². The molecule has 1 aromatic rings. The number of hydrogen-bond acceptors (Lipinski definition) is 3. The molecule has 1 aliphatic rings. The van der Waals surface area contributed by atoms with Gasteiger partial charge in [-0.1, -0.05) is 18.6 Å². The Morgan fingerprint density at radius 2 is 2.35 bits per heavy atom. The van der Waals surface area contributed by atoms with Crippen molar-refractivity contribution in [2.75, 3.05) is 6.54 Å². The van der Waals surface area contributed by atoms with E-state index in [0.29, 0.717) is 0 Å². The van der Waals surface area contributed by atoms with Crippen LogP contribution in [-0.2, 0) is 13.0 Å². The lowest BCUT2D eigenvalue weighted by Crippen LogP contribution is -2.16. The second-order valence-electron chi connectivity index (χ2n) is 4.62. The molecule has 2 rings (SSSR count). The van der Waals surface area contributed by atoms with Crippen LogP contribution in [0.25, 0.3) is 0 Å². The summed E-state index contributed by atoms with van der Waals surface area (Å²) in [5.41, 5.74) is 2.85. The molecule has 0 saturated heterocycles. The summed E-state index contributed by atoms with van der Waals surface area (Å²) in [5.74, 6) is 0. The molecular formula is C14H22N2S. The molecule has 94 valence electrons. The second kappa shape index (κ2) is 6.92. The molecule has 3 heteroatoms. The molecule has 0 aromatic carbocycles. The lowest BCUT2D eigenvalue weighted by Gasteiger charge is -2.12. The van der Waals surface area contributed by atoms with Gasteiger partial charge in [0.2, 0.25) is 0 Å². The fourth-order valence-electron chi connectivity index (χ4n) is 2.19. The molecular weight excluding hydrogens is 228 g/mol. The lowest BCUT2D eigenvalue weighted by atomic mass is 9.97. The van der Waals surface area contributed by atoms with Crippen LogP contribution >= 0.6 is 11.3 Å². The zero-order valence-corrected chi connectivity index (χ0v) is 11.5. The highest BCUT2D eigenvalue weighted by atomic mass is 32.1. The molecule has 0 amide bonds. The number of aryl methyl sites for hydroxylation is 1. The Labute approximate surface area is 108 Å². The van der Waals surface area contributed by atoms with E-state index in [-0.39, 0.29) is 0 Å². The summed E-state index contributed by atoms with van der Waals surface area (Å²) in [6.45, 7) is 4.17. The van der Waals surface area contributed by atoms with Gasteiger partial charge in [0.25, 0.3) is 0 Å². The lowest BCUT2D eigenvalue weighted by molar-refractivity contribution is 0.628. The summed E-state index contributed by atoms with van der Waals surface area (Å²) in [6.07, 6.45) is 10.1. The molecule has 0 unspecified atom stereocenters. The molecule has 0 aliphatic heterocycles. The highest BCUT2D eigenvalue weighted by Gasteiger charge is 2.03. The summed E-state index contributed by atoms with van der Waals surface area (Å²) in [6, 6.07) is 0. The highest BCUT2D eigenvalue weighted by Crippen LogP contribution is 2.19. The Morgan fingerprint density at radius 3 is 3.06 bits per heavy atom. The molecule has 0 atom stereocenters. The summed E-state index contributed by atoms with van der Waals surface area (Å²) in [7, 11) is 0. The van der Waals surface area contributed by atoms with E-state index in [9.17, 15) is 0 Å². The van der Waals surface area contributed by atoms with Gasteiger partial charge in [-0.25, -0.2) is 4.98 Å². The van der Waals surface area contributed by atoms with Gasteiger partial charge >= 0.3 is 0 Å². The third-order valence-corrected chi connectivity index (χ3v) is 4.26. The monoisotopic (exact) mass is 250 g/mol. The molecule has 1 aliphatic carbocycles. The summed E-state index contributed by atoms with van der Waals surface area (Å²) < 4.78 is 0. The topological polar surface area (TPSA) is 24.9 Å². The van der Waals surface area contributed by atoms with E-state index in [0.717, 1.165) is 19.5 Å². The third kappa shape index (κ3) is 4.25. The van der Waals surface area contributed by atoms with Crippen molar-refractivity contribution in [3.63, 3.8) is 0 Å². The Kier molecular flexibility index (Phi) is 5.20. The maximum Gasteiger partial charge on any atom is 0.0926 e. The molecule has 0 saturated carbocycles. The van der Waals surface area contributed by atoms with Gasteiger partial charge in [-0.05, 0) is 45.1 Å². The van der Waals surface area contributed by atoms with Gasteiger partial charge < -0.3 is 5.32 Å². The first-order chi connectivity index (χ1) is 8.38. The van der Waals surface area contributed by atoms with E-state index in [4.69, 9.17) is 0 Å². The number of aromatic nitrogens is 1. The average Bonchev–Trinajstić information content (AvgIpc) is 2.84. The zero-order valence-electron chi connectivity index (χ0n) is 10.7. The van der Waals surface area contributed by atoms with Crippen LogP contribution in [0.3, 0.4) is 0 Å². The van der Waals surface area contributed by atoms with Crippen molar-refractivity contribution in [1.29, 1.82) is 0 Å². The molecule has 0 bridgehead atoms. The first-order valence-corrected chi connectivity index (χ1v) is 7.58. The van der Waals surface area contributed by atoms with Gasteiger partial charge in [0, 0.05) is 11.9 Å². The second-order valence-corrected chi connectivity index (χ2v) is 5.56. The predicted molar refractivity (Wildman–Crippen MR) is 74.4 cm³/mol. The molecule has 2 nitrogen and oxygen atoms in total. The minimum absolute atomic E-state index is 0.920. The number of hydrogen-bond donors (Lipinski definition) is 1. The predicted octanol–water partition coefficient (Wildman–Crippen LogP) is 3.69. The van der Waals surface area contributed by atoms with Gasteiger partial charge in [-0.3, -0.25) is 0 Å². The molecule has 1 aromatic heterocycles. The number of nitrogens with one attached hydrogen (secondary N) is 1. The normalized spacial score (nSPS) is 15.9. The van der Waals surface area contributed by atoms with Crippen LogP contribution in [0.4, 0.5) is 0 Å². The van der Waals surface area contributed by atoms with Crippen molar-refractivity contribution in [3.05, 3.63) is 27.7 Å². The quantitative estimate of drug-likeness (QED) is 0.615. The van der Waals surface area contributed by atoms with E-state index in [1.54, 1.807) is 16.9 Å². The molecule has 0 fully saturated rings. The Morgan fingerprint density at radius 1 is 1.41 bits per heavy atom. The van der Waals surface area contributed by atoms with E-state index in [1.807, 2.05) is 0 Å². The molecule has 1 heterocycles. The smallest absolute Gasteiger partial charge is 0.0926 e. The van der Waals surface area contributed by atoms with E-state index in [2.05, 4.69) is 28.7 Å². The third-order valence-electron chi connectivity index (χ3n) is 3.22. The van der Waals surface area contributed by atoms with E-state index in [1.165, 1.54) is 42.8 Å². The van der Waals surface area contributed by atoms with Crippen LogP contribution in [0.15, 0.2) is 17.0 Å². The Hall–Kier alpha value is -0.670. The number of nitrogens with zero attached hydrogens (tertiary/aromatic N) is 1. The maximum absolute atomic E-state index is 4.55. The fourth-order valence-corrected chi connectivity index (χ4v) is 2.93. The van der Waals surface area contributed by atoms with Crippen LogP contribution in [0.2, 0.25) is 0 Å². The number of thiazole rings is 1. The van der Waals surface area contributed by atoms with Crippen LogP contribution in [0, 0.1) is 0 Å². The van der Waals surface area contributed by atoms with Crippen molar-refractivity contribution in [2.45, 2.75) is 52.0 Å². The van der Waals surface area contributed by atoms with Gasteiger partial charge in [-0.2, -0.15) is 0 Å². The van der Waals surface area contributed by atoms with E-state index >= 15 is 0 Å². The van der Waals surface area contributed by atoms with Gasteiger partial charge in [-0.15, -0.1) is 11.3 Å². The van der Waals surface area contributed by atoms with Crippen LogP contribution in [0.1, 0.15) is 49.7 Å². The molecule has 0 spiro atoms. The first-order valence-electron chi connectivity index (χ1n) is 6.70. The maximum atomic E-state index is 4.55. The first kappa shape index (κ1) is 12.8. The number of allylic oxidation sites excluding steroid dienone is 1. The van der Waals surface area contributed by atoms with Crippen molar-refractivity contribution >= 4 is 11.3 Å². The SMILES string of the molecule is CCc1nc(CNCCC2=CCCCC2)cs1. The van der Waals surface area contributed by atoms with Crippen molar-refractivity contribution in [2.24, 2.45) is 0 Å². The minimum atomic E-state index is 0.920. The van der Waals surface area contributed by atoms with Crippen molar-refractivity contribution in [3.8, 4) is 0 Å². The summed E-state index contributed by atoms with van der Waals surface area (Å²) in [4.78, 5) is 4.55. The highest BCUT2D eigenvalue weighted by molar-refractivity contribution is 7.09. The zero-order chi connectivity index (χ0) is 11.9. The standard InChI is InChI=1S/C14H22N2S/c1-2-14-16-13(11-17-14)10-15-9-8-12-6-4-3-5-7-12/h6,11,15H,2-5,7-10H2,1H3. The molecule has 17 heavy (non-hydrogen) atoms. The van der Waals surface area contributed by atoms with Crippen LogP contribution in [-0.4, -0.2) is 11.5 Å². The van der Waals surface area contributed by atoms with Crippen molar-refractivity contribution < 1.29 is 0 Å². The average molecular weight is 250 g/mol. The minimum Gasteiger partial charge on any atom is -0.311 e. The van der Waals surface area contributed by atoms with Gasteiger partial charge in [0.1, 0.15) is 0 Å². The van der Waals surface area contributed by atoms with Gasteiger partial charge in [0.15, 0.2) is 0 Å².